The molecule has 1 heterocycles. The minimum absolute atomic E-state index is 0.00402. The van der Waals surface area contributed by atoms with Gasteiger partial charge in [-0.1, -0.05) is 0 Å². The first-order valence-electron chi connectivity index (χ1n) is 5.73. The Bertz CT molecular complexity index is 690. The Hall–Kier alpha value is -2.30. The number of nitriles is 1. The smallest absolute Gasteiger partial charge is 0.275 e. The average Bonchev–Trinajstić information content (AvgIpc) is 2.91. The van der Waals surface area contributed by atoms with Gasteiger partial charge in [0.05, 0.1) is 23.4 Å². The number of aromatic nitrogens is 1. The fourth-order valence-electron chi connectivity index (χ4n) is 1.47. The molecule has 102 valence electrons. The molecule has 2 rings (SSSR count). The van der Waals surface area contributed by atoms with E-state index in [1.165, 1.54) is 23.5 Å². The second kappa shape index (κ2) is 5.77. The molecule has 1 amide bonds. The first-order chi connectivity index (χ1) is 9.51. The van der Waals surface area contributed by atoms with Crippen LogP contribution in [0.1, 0.15) is 34.0 Å². The number of carbonyl (C=O) groups excluding carboxylic acids is 1. The number of nitrogens with two attached hydrogens (primary N) is 1. The Balaban J connectivity index is 2.17. The molecule has 1 unspecified atom stereocenters. The third-order valence-electron chi connectivity index (χ3n) is 2.49. The highest BCUT2D eigenvalue weighted by molar-refractivity contribution is 7.09. The van der Waals surface area contributed by atoms with Crippen LogP contribution in [-0.4, -0.2) is 10.9 Å². The molecule has 0 aliphatic heterocycles. The van der Waals surface area contributed by atoms with Crippen molar-refractivity contribution in [2.45, 2.75) is 13.0 Å². The molecule has 0 bridgehead atoms. The fraction of sp³-hybridized carbons (Fsp3) is 0.154. The van der Waals surface area contributed by atoms with Gasteiger partial charge in [0.2, 0.25) is 0 Å². The number of hydrogen-bond donors (Lipinski definition) is 2. The zero-order valence-corrected chi connectivity index (χ0v) is 11.4. The Kier molecular flexibility index (Phi) is 4.08. The number of thiazole rings is 1. The van der Waals surface area contributed by atoms with E-state index in [0.717, 1.165) is 6.07 Å². The van der Waals surface area contributed by atoms with Gasteiger partial charge in [-0.2, -0.15) is 5.26 Å². The number of nitrogens with one attached hydrogen (secondary N) is 1. The van der Waals surface area contributed by atoms with E-state index >= 15 is 0 Å². The molecule has 1 aromatic carbocycles. The summed E-state index contributed by atoms with van der Waals surface area (Å²) in [7, 11) is 0. The molecule has 0 saturated heterocycles. The Morgan fingerprint density at radius 1 is 1.60 bits per heavy atom. The van der Waals surface area contributed by atoms with Gasteiger partial charge in [0.15, 0.2) is 0 Å². The van der Waals surface area contributed by atoms with Crippen LogP contribution >= 0.6 is 11.3 Å². The number of benzene rings is 1. The van der Waals surface area contributed by atoms with Crippen molar-refractivity contribution in [3.63, 3.8) is 0 Å². The third-order valence-corrected chi connectivity index (χ3v) is 3.54. The molecule has 0 radical (unpaired) electrons. The van der Waals surface area contributed by atoms with Crippen LogP contribution in [0.15, 0.2) is 23.6 Å². The van der Waals surface area contributed by atoms with Crippen LogP contribution in [0.25, 0.3) is 0 Å². The summed E-state index contributed by atoms with van der Waals surface area (Å²) < 4.78 is 13.6. The maximum Gasteiger partial charge on any atom is 0.275 e. The van der Waals surface area contributed by atoms with Gasteiger partial charge in [-0.15, -0.1) is 11.3 Å². The average molecular weight is 290 g/mol. The summed E-state index contributed by atoms with van der Waals surface area (Å²) >= 11 is 1.27. The molecular weight excluding hydrogens is 279 g/mol. The number of halogens is 1. The first-order valence-corrected chi connectivity index (χ1v) is 6.61. The van der Waals surface area contributed by atoms with E-state index in [1.54, 1.807) is 12.3 Å². The number of hydrogen-bond acceptors (Lipinski definition) is 5. The van der Waals surface area contributed by atoms with E-state index < -0.39 is 11.7 Å². The normalized spacial score (nSPS) is 11.7. The van der Waals surface area contributed by atoms with Crippen molar-refractivity contribution in [3.05, 3.63) is 45.7 Å². The molecule has 2 aromatic rings. The Morgan fingerprint density at radius 3 is 2.90 bits per heavy atom. The molecule has 5 nitrogen and oxygen atoms in total. The first kappa shape index (κ1) is 14.1. The largest absolute Gasteiger partial charge is 0.322 e. The van der Waals surface area contributed by atoms with Crippen LogP contribution in [0, 0.1) is 17.1 Å². The van der Waals surface area contributed by atoms with Crippen LogP contribution in [0.3, 0.4) is 0 Å². The Labute approximate surface area is 118 Å². The predicted octanol–water partition coefficient (Wildman–Crippen LogP) is 2.43. The van der Waals surface area contributed by atoms with Gasteiger partial charge >= 0.3 is 0 Å². The molecule has 1 aromatic heterocycles. The lowest BCUT2D eigenvalue weighted by atomic mass is 10.2. The van der Waals surface area contributed by atoms with Crippen molar-refractivity contribution in [2.24, 2.45) is 5.73 Å². The summed E-state index contributed by atoms with van der Waals surface area (Å²) in [5, 5.41) is 13.3. The van der Waals surface area contributed by atoms with E-state index in [1.807, 2.05) is 6.07 Å². The molecular formula is C13H11FN4OS. The number of anilines is 1. The fourth-order valence-corrected chi connectivity index (χ4v) is 2.23. The van der Waals surface area contributed by atoms with Crippen molar-refractivity contribution in [1.82, 2.24) is 4.98 Å². The summed E-state index contributed by atoms with van der Waals surface area (Å²) in [6.45, 7) is 1.76. The summed E-state index contributed by atoms with van der Waals surface area (Å²) in [5.41, 5.74) is 6.04. The number of amides is 1. The SMILES string of the molecule is CC(N)c1nc(C(=O)Nc2ccc(C#N)cc2F)cs1. The standard InChI is InChI=1S/C13H11FN4OS/c1-7(16)13-18-11(6-20-13)12(19)17-10-3-2-8(5-15)4-9(10)14/h2-4,6-7H,16H2,1H3,(H,17,19). The van der Waals surface area contributed by atoms with Gasteiger partial charge in [-0.3, -0.25) is 4.79 Å². The van der Waals surface area contributed by atoms with Crippen molar-refractivity contribution in [1.29, 1.82) is 5.26 Å². The summed E-state index contributed by atoms with van der Waals surface area (Å²) in [6.07, 6.45) is 0. The molecule has 0 fully saturated rings. The Morgan fingerprint density at radius 2 is 2.35 bits per heavy atom. The monoisotopic (exact) mass is 290 g/mol. The third kappa shape index (κ3) is 2.99. The number of rotatable bonds is 3. The molecule has 1 atom stereocenters. The van der Waals surface area contributed by atoms with Crippen LogP contribution in [-0.2, 0) is 0 Å². The van der Waals surface area contributed by atoms with E-state index in [9.17, 15) is 9.18 Å². The van der Waals surface area contributed by atoms with E-state index in [-0.39, 0.29) is 23.0 Å². The topological polar surface area (TPSA) is 91.8 Å². The quantitative estimate of drug-likeness (QED) is 0.908. The van der Waals surface area contributed by atoms with Crippen LogP contribution in [0.2, 0.25) is 0 Å². The second-order valence-electron chi connectivity index (χ2n) is 4.12. The number of carbonyl (C=O) groups is 1. The summed E-state index contributed by atoms with van der Waals surface area (Å²) in [4.78, 5) is 16.0. The van der Waals surface area contributed by atoms with Crippen molar-refractivity contribution in [3.8, 4) is 6.07 Å². The van der Waals surface area contributed by atoms with Gasteiger partial charge in [0, 0.05) is 5.38 Å². The lowest BCUT2D eigenvalue weighted by Gasteiger charge is -2.04. The summed E-state index contributed by atoms with van der Waals surface area (Å²) in [5.74, 6) is -1.18. The van der Waals surface area contributed by atoms with Gasteiger partial charge in [-0.25, -0.2) is 9.37 Å². The molecule has 20 heavy (non-hydrogen) atoms. The van der Waals surface area contributed by atoms with Gasteiger partial charge < -0.3 is 11.1 Å². The van der Waals surface area contributed by atoms with E-state index in [4.69, 9.17) is 11.0 Å². The lowest BCUT2D eigenvalue weighted by molar-refractivity contribution is 0.102. The van der Waals surface area contributed by atoms with Gasteiger partial charge in [0.25, 0.3) is 5.91 Å². The van der Waals surface area contributed by atoms with E-state index in [0.29, 0.717) is 5.01 Å². The highest BCUT2D eigenvalue weighted by atomic mass is 32.1. The van der Waals surface area contributed by atoms with Crippen LogP contribution in [0.4, 0.5) is 10.1 Å². The highest BCUT2D eigenvalue weighted by Gasteiger charge is 2.14. The maximum absolute atomic E-state index is 13.6. The van der Waals surface area contributed by atoms with Crippen LogP contribution < -0.4 is 11.1 Å². The minimum Gasteiger partial charge on any atom is -0.322 e. The van der Waals surface area contributed by atoms with Crippen molar-refractivity contribution < 1.29 is 9.18 Å². The molecule has 0 aliphatic rings. The minimum atomic E-state index is -0.667. The van der Waals surface area contributed by atoms with Gasteiger partial charge in [0.1, 0.15) is 16.5 Å². The highest BCUT2D eigenvalue weighted by Crippen LogP contribution is 2.19. The predicted molar refractivity (Wildman–Crippen MR) is 73.8 cm³/mol. The molecule has 7 heteroatoms. The maximum atomic E-state index is 13.6. The molecule has 0 spiro atoms. The van der Waals surface area contributed by atoms with Crippen LogP contribution in [0.5, 0.6) is 0 Å². The number of nitrogens with zero attached hydrogens (tertiary/aromatic N) is 2. The van der Waals surface area contributed by atoms with Crippen molar-refractivity contribution in [2.75, 3.05) is 5.32 Å². The molecule has 0 aliphatic carbocycles. The second-order valence-corrected chi connectivity index (χ2v) is 5.01. The van der Waals surface area contributed by atoms with E-state index in [2.05, 4.69) is 10.3 Å². The summed E-state index contributed by atoms with van der Waals surface area (Å²) in [6, 6.07) is 5.38. The van der Waals surface area contributed by atoms with Crippen molar-refractivity contribution >= 4 is 22.9 Å². The zero-order chi connectivity index (χ0) is 14.7. The van der Waals surface area contributed by atoms with Gasteiger partial charge in [-0.05, 0) is 25.1 Å². The lowest BCUT2D eigenvalue weighted by Crippen LogP contribution is -2.14. The molecule has 0 saturated carbocycles. The molecule has 3 N–H and O–H groups in total. The zero-order valence-electron chi connectivity index (χ0n) is 10.6.